The number of carbonyl (C=O) groups excluding carboxylic acids is 2. The van der Waals surface area contributed by atoms with E-state index in [1.807, 2.05) is 38.2 Å². The first kappa shape index (κ1) is 19.6. The van der Waals surface area contributed by atoms with Gasteiger partial charge in [-0.3, -0.25) is 14.3 Å². The summed E-state index contributed by atoms with van der Waals surface area (Å²) in [6.45, 7) is 1.91. The molecule has 0 radical (unpaired) electrons. The minimum Gasteiger partial charge on any atom is -0.332 e. The van der Waals surface area contributed by atoms with Crippen molar-refractivity contribution in [2.24, 2.45) is 7.05 Å². The van der Waals surface area contributed by atoms with Crippen molar-refractivity contribution < 1.29 is 14.0 Å². The molecule has 1 aliphatic heterocycles. The third-order valence-corrected chi connectivity index (χ3v) is 5.29. The van der Waals surface area contributed by atoms with Crippen LogP contribution in [0, 0.1) is 12.7 Å². The zero-order valence-electron chi connectivity index (χ0n) is 16.6. The fraction of sp³-hybridized carbons (Fsp3) is 0.174. The van der Waals surface area contributed by atoms with Crippen molar-refractivity contribution in [2.45, 2.75) is 19.3 Å². The molecule has 0 saturated carbocycles. The fourth-order valence-corrected chi connectivity index (χ4v) is 3.60. The lowest BCUT2D eigenvalue weighted by Crippen LogP contribution is -2.32. The quantitative estimate of drug-likeness (QED) is 0.697. The Labute approximate surface area is 173 Å². The molecule has 1 unspecified atom stereocenters. The summed E-state index contributed by atoms with van der Waals surface area (Å²) >= 11 is 0. The summed E-state index contributed by atoms with van der Waals surface area (Å²) < 4.78 is 15.1. The molecule has 0 spiro atoms. The van der Waals surface area contributed by atoms with Gasteiger partial charge in [-0.05, 0) is 42.3 Å². The number of hydrogen-bond acceptors (Lipinski definition) is 3. The van der Waals surface area contributed by atoms with E-state index in [0.29, 0.717) is 16.8 Å². The van der Waals surface area contributed by atoms with E-state index < -0.39 is 5.92 Å². The molecule has 4 rings (SSSR count). The Kier molecular flexibility index (Phi) is 5.18. The predicted molar refractivity (Wildman–Crippen MR) is 112 cm³/mol. The van der Waals surface area contributed by atoms with E-state index in [2.05, 4.69) is 15.7 Å². The number of carbonyl (C=O) groups is 2. The highest BCUT2D eigenvalue weighted by atomic mass is 19.1. The molecule has 6 nitrogen and oxygen atoms in total. The van der Waals surface area contributed by atoms with E-state index >= 15 is 0 Å². The molecule has 3 aromatic rings. The third kappa shape index (κ3) is 3.87. The molecule has 1 aliphatic rings. The second kappa shape index (κ2) is 7.94. The normalized spacial score (nSPS) is 16.0. The first-order valence-electron chi connectivity index (χ1n) is 9.57. The van der Waals surface area contributed by atoms with Crippen LogP contribution >= 0.6 is 0 Å². The third-order valence-electron chi connectivity index (χ3n) is 5.29. The number of aromatic nitrogens is 2. The van der Waals surface area contributed by atoms with Crippen LogP contribution in [0.3, 0.4) is 0 Å². The summed E-state index contributed by atoms with van der Waals surface area (Å²) in [7, 11) is 1.86. The van der Waals surface area contributed by atoms with Gasteiger partial charge < -0.3 is 10.6 Å². The highest BCUT2D eigenvalue weighted by Gasteiger charge is 2.29. The van der Waals surface area contributed by atoms with Crippen LogP contribution < -0.4 is 10.6 Å². The van der Waals surface area contributed by atoms with Crippen LogP contribution in [0.1, 0.15) is 23.5 Å². The van der Waals surface area contributed by atoms with Crippen LogP contribution in [-0.2, 0) is 16.6 Å². The molecule has 7 heteroatoms. The first-order valence-corrected chi connectivity index (χ1v) is 9.57. The Bertz CT molecular complexity index is 1150. The lowest BCUT2D eigenvalue weighted by Gasteiger charge is -2.24. The number of aryl methyl sites for hydroxylation is 2. The van der Waals surface area contributed by atoms with Crippen molar-refractivity contribution in [1.29, 1.82) is 0 Å². The van der Waals surface area contributed by atoms with E-state index in [4.69, 9.17) is 0 Å². The monoisotopic (exact) mass is 404 g/mol. The SMILES string of the molecule is Cc1ccc(-c2ccnn2C)cc1NC(=O)C1=CNC(=O)CC1c1ccc(F)cc1. The minimum absolute atomic E-state index is 0.124. The Morgan fingerprint density at radius 2 is 1.97 bits per heavy atom. The number of anilines is 1. The number of benzene rings is 2. The molecule has 0 saturated heterocycles. The molecule has 2 heterocycles. The summed E-state index contributed by atoms with van der Waals surface area (Å²) in [5, 5.41) is 9.77. The highest BCUT2D eigenvalue weighted by Crippen LogP contribution is 2.32. The number of halogens is 1. The Balaban J connectivity index is 1.63. The van der Waals surface area contributed by atoms with E-state index in [-0.39, 0.29) is 24.1 Å². The smallest absolute Gasteiger partial charge is 0.253 e. The summed E-state index contributed by atoms with van der Waals surface area (Å²) in [5.74, 6) is -1.30. The largest absolute Gasteiger partial charge is 0.332 e. The molecule has 2 amide bonds. The standard InChI is InChI=1S/C23H21FN4O2/c1-14-3-4-16(21-9-10-26-28(21)2)11-20(14)27-23(30)19-13-25-22(29)12-18(19)15-5-7-17(24)8-6-15/h3-11,13,18H,12H2,1-2H3,(H,25,29)(H,27,30). The number of nitrogens with zero attached hydrogens (tertiary/aromatic N) is 2. The van der Waals surface area contributed by atoms with Gasteiger partial charge in [0.15, 0.2) is 0 Å². The van der Waals surface area contributed by atoms with Gasteiger partial charge in [-0.2, -0.15) is 5.10 Å². The van der Waals surface area contributed by atoms with Gasteiger partial charge in [-0.15, -0.1) is 0 Å². The molecule has 152 valence electrons. The maximum atomic E-state index is 13.3. The van der Waals surface area contributed by atoms with Crippen LogP contribution in [0.15, 0.2) is 66.5 Å². The lowest BCUT2D eigenvalue weighted by atomic mass is 9.86. The average Bonchev–Trinajstić information content (AvgIpc) is 3.16. The van der Waals surface area contributed by atoms with E-state index in [1.54, 1.807) is 23.0 Å². The number of rotatable bonds is 4. The van der Waals surface area contributed by atoms with E-state index in [1.165, 1.54) is 18.3 Å². The second-order valence-corrected chi connectivity index (χ2v) is 7.30. The maximum Gasteiger partial charge on any atom is 0.253 e. The van der Waals surface area contributed by atoms with Crippen LogP contribution in [0.4, 0.5) is 10.1 Å². The zero-order valence-corrected chi connectivity index (χ0v) is 16.6. The van der Waals surface area contributed by atoms with Gasteiger partial charge in [-0.1, -0.05) is 24.3 Å². The number of nitrogens with one attached hydrogen (secondary N) is 2. The van der Waals surface area contributed by atoms with Crippen molar-refractivity contribution in [3.05, 3.63) is 83.4 Å². The van der Waals surface area contributed by atoms with Gasteiger partial charge in [0.2, 0.25) is 5.91 Å². The summed E-state index contributed by atoms with van der Waals surface area (Å²) in [6.07, 6.45) is 3.28. The average molecular weight is 404 g/mol. The topological polar surface area (TPSA) is 76.0 Å². The molecular formula is C23H21FN4O2. The fourth-order valence-electron chi connectivity index (χ4n) is 3.60. The minimum atomic E-state index is -0.445. The van der Waals surface area contributed by atoms with Gasteiger partial charge in [0, 0.05) is 48.6 Å². The van der Waals surface area contributed by atoms with Crippen LogP contribution in [0.2, 0.25) is 0 Å². The molecule has 0 fully saturated rings. The second-order valence-electron chi connectivity index (χ2n) is 7.30. The van der Waals surface area contributed by atoms with Crippen molar-refractivity contribution >= 4 is 17.5 Å². The molecule has 0 bridgehead atoms. The van der Waals surface area contributed by atoms with Crippen molar-refractivity contribution in [2.75, 3.05) is 5.32 Å². The van der Waals surface area contributed by atoms with Crippen LogP contribution in [-0.4, -0.2) is 21.6 Å². The summed E-state index contributed by atoms with van der Waals surface area (Å²) in [6, 6.07) is 13.6. The Morgan fingerprint density at radius 1 is 1.20 bits per heavy atom. The maximum absolute atomic E-state index is 13.3. The van der Waals surface area contributed by atoms with Crippen molar-refractivity contribution in [3.63, 3.8) is 0 Å². The molecular weight excluding hydrogens is 383 g/mol. The first-order chi connectivity index (χ1) is 14.4. The van der Waals surface area contributed by atoms with Gasteiger partial charge in [0.1, 0.15) is 5.82 Å². The van der Waals surface area contributed by atoms with Crippen LogP contribution in [0.5, 0.6) is 0 Å². The molecule has 2 N–H and O–H groups in total. The van der Waals surface area contributed by atoms with Gasteiger partial charge in [0.25, 0.3) is 5.91 Å². The molecule has 2 aromatic carbocycles. The number of hydrogen-bond donors (Lipinski definition) is 2. The van der Waals surface area contributed by atoms with Gasteiger partial charge >= 0.3 is 0 Å². The van der Waals surface area contributed by atoms with Gasteiger partial charge in [0.05, 0.1) is 5.69 Å². The Hall–Kier alpha value is -3.74. The predicted octanol–water partition coefficient (Wildman–Crippen LogP) is 3.66. The van der Waals surface area contributed by atoms with Crippen molar-refractivity contribution in [3.8, 4) is 11.3 Å². The van der Waals surface area contributed by atoms with E-state index in [0.717, 1.165) is 16.8 Å². The molecule has 0 aliphatic carbocycles. The lowest BCUT2D eigenvalue weighted by molar-refractivity contribution is -0.121. The zero-order chi connectivity index (χ0) is 21.3. The van der Waals surface area contributed by atoms with Crippen LogP contribution in [0.25, 0.3) is 11.3 Å². The highest BCUT2D eigenvalue weighted by molar-refractivity contribution is 6.07. The summed E-state index contributed by atoms with van der Waals surface area (Å²) in [5.41, 5.74) is 4.58. The number of amides is 2. The summed E-state index contributed by atoms with van der Waals surface area (Å²) in [4.78, 5) is 25.1. The molecule has 1 atom stereocenters. The molecule has 30 heavy (non-hydrogen) atoms. The van der Waals surface area contributed by atoms with Gasteiger partial charge in [-0.25, -0.2) is 4.39 Å². The van der Waals surface area contributed by atoms with Crippen molar-refractivity contribution in [1.82, 2.24) is 15.1 Å². The van der Waals surface area contributed by atoms with E-state index in [9.17, 15) is 14.0 Å². The molecule has 1 aromatic heterocycles. The Morgan fingerprint density at radius 3 is 2.67 bits per heavy atom.